The van der Waals surface area contributed by atoms with Gasteiger partial charge in [-0.1, -0.05) is 11.8 Å². The van der Waals surface area contributed by atoms with E-state index in [1.165, 1.54) is 11.8 Å². The van der Waals surface area contributed by atoms with Crippen LogP contribution in [0.3, 0.4) is 0 Å². The van der Waals surface area contributed by atoms with Gasteiger partial charge in [-0.25, -0.2) is 0 Å². The minimum Gasteiger partial charge on any atom is -0.497 e. The maximum absolute atomic E-state index is 12.7. The van der Waals surface area contributed by atoms with Crippen LogP contribution in [0.15, 0.2) is 72.1 Å². The van der Waals surface area contributed by atoms with Gasteiger partial charge in [0, 0.05) is 29.7 Å². The monoisotopic (exact) mass is 491 g/mol. The van der Waals surface area contributed by atoms with Crippen molar-refractivity contribution in [3.05, 3.63) is 67.0 Å². The SMILES string of the molecule is CCOc1ccc(-n2c(SCC(=O)Nc3ccc(OC)cc3OC)nnc2-c2ccncc2)cc1. The molecule has 9 nitrogen and oxygen atoms in total. The Morgan fingerprint density at radius 1 is 0.971 bits per heavy atom. The van der Waals surface area contributed by atoms with Crippen molar-refractivity contribution in [2.75, 3.05) is 31.9 Å². The van der Waals surface area contributed by atoms with Crippen LogP contribution in [0.25, 0.3) is 17.1 Å². The lowest BCUT2D eigenvalue weighted by Crippen LogP contribution is -2.15. The number of thioether (sulfide) groups is 1. The standard InChI is InChI=1S/C25H25N5O4S/c1-4-34-19-7-5-18(6-8-19)30-24(17-11-13-26-14-12-17)28-29-25(30)35-16-23(31)27-21-10-9-20(32-2)15-22(21)33-3/h5-15H,4,16H2,1-3H3,(H,27,31). The molecule has 0 atom stereocenters. The van der Waals surface area contributed by atoms with E-state index in [4.69, 9.17) is 14.2 Å². The summed E-state index contributed by atoms with van der Waals surface area (Å²) in [6, 6.07) is 16.6. The second kappa shape index (κ2) is 11.4. The van der Waals surface area contributed by atoms with E-state index < -0.39 is 0 Å². The molecule has 1 amide bonds. The van der Waals surface area contributed by atoms with Crippen molar-refractivity contribution in [1.29, 1.82) is 0 Å². The van der Waals surface area contributed by atoms with Gasteiger partial charge in [-0.2, -0.15) is 0 Å². The number of amides is 1. The molecule has 4 rings (SSSR count). The van der Waals surface area contributed by atoms with E-state index in [0.29, 0.717) is 34.8 Å². The fourth-order valence-corrected chi connectivity index (χ4v) is 4.11. The summed E-state index contributed by atoms with van der Waals surface area (Å²) in [5.41, 5.74) is 2.27. The van der Waals surface area contributed by atoms with E-state index in [-0.39, 0.29) is 11.7 Å². The molecular weight excluding hydrogens is 466 g/mol. The van der Waals surface area contributed by atoms with E-state index in [9.17, 15) is 4.79 Å². The zero-order valence-corrected chi connectivity index (χ0v) is 20.4. The largest absolute Gasteiger partial charge is 0.497 e. The van der Waals surface area contributed by atoms with E-state index in [1.807, 2.05) is 47.9 Å². The first-order chi connectivity index (χ1) is 17.1. The van der Waals surface area contributed by atoms with Crippen LogP contribution in [0.1, 0.15) is 6.92 Å². The molecule has 0 saturated carbocycles. The van der Waals surface area contributed by atoms with Gasteiger partial charge in [-0.3, -0.25) is 14.3 Å². The molecule has 2 heterocycles. The number of hydrogen-bond acceptors (Lipinski definition) is 8. The summed E-state index contributed by atoms with van der Waals surface area (Å²) in [5.74, 6) is 2.50. The average molecular weight is 492 g/mol. The van der Waals surface area contributed by atoms with Crippen LogP contribution in [-0.4, -0.2) is 52.2 Å². The summed E-state index contributed by atoms with van der Waals surface area (Å²) in [6.07, 6.45) is 3.41. The summed E-state index contributed by atoms with van der Waals surface area (Å²) in [5, 5.41) is 12.2. The molecule has 0 aliphatic rings. The molecule has 0 bridgehead atoms. The molecule has 4 aromatic rings. The third-order valence-corrected chi connectivity index (χ3v) is 5.92. The maximum Gasteiger partial charge on any atom is 0.234 e. The molecular formula is C25H25N5O4S. The highest BCUT2D eigenvalue weighted by Gasteiger charge is 2.18. The number of nitrogens with one attached hydrogen (secondary N) is 1. The Morgan fingerprint density at radius 2 is 1.71 bits per heavy atom. The Morgan fingerprint density at radius 3 is 2.40 bits per heavy atom. The summed E-state index contributed by atoms with van der Waals surface area (Å²) in [7, 11) is 3.11. The Bertz CT molecular complexity index is 1280. The number of methoxy groups -OCH3 is 2. The highest BCUT2D eigenvalue weighted by atomic mass is 32.2. The van der Waals surface area contributed by atoms with Crippen molar-refractivity contribution in [2.45, 2.75) is 12.1 Å². The van der Waals surface area contributed by atoms with Crippen LogP contribution < -0.4 is 19.5 Å². The average Bonchev–Trinajstić information content (AvgIpc) is 3.33. The minimum atomic E-state index is -0.204. The topological polar surface area (TPSA) is 100 Å². The van der Waals surface area contributed by atoms with Gasteiger partial charge >= 0.3 is 0 Å². The van der Waals surface area contributed by atoms with Gasteiger partial charge in [-0.05, 0) is 55.5 Å². The fraction of sp³-hybridized carbons (Fsp3) is 0.200. The van der Waals surface area contributed by atoms with Crippen LogP contribution in [0.5, 0.6) is 17.2 Å². The highest BCUT2D eigenvalue weighted by Crippen LogP contribution is 2.31. The van der Waals surface area contributed by atoms with E-state index >= 15 is 0 Å². The molecule has 0 unspecified atom stereocenters. The third kappa shape index (κ3) is 5.72. The zero-order chi connectivity index (χ0) is 24.6. The lowest BCUT2D eigenvalue weighted by Gasteiger charge is -2.13. The molecule has 1 N–H and O–H groups in total. The molecule has 10 heteroatoms. The number of benzene rings is 2. The minimum absolute atomic E-state index is 0.126. The lowest BCUT2D eigenvalue weighted by molar-refractivity contribution is -0.113. The zero-order valence-electron chi connectivity index (χ0n) is 19.6. The van der Waals surface area contributed by atoms with Gasteiger partial charge in [0.15, 0.2) is 11.0 Å². The predicted molar refractivity (Wildman–Crippen MR) is 135 cm³/mol. The number of aromatic nitrogens is 4. The quantitative estimate of drug-likeness (QED) is 0.324. The molecule has 2 aromatic heterocycles. The summed E-state index contributed by atoms with van der Waals surface area (Å²) in [4.78, 5) is 16.8. The van der Waals surface area contributed by atoms with E-state index in [1.54, 1.807) is 44.8 Å². The van der Waals surface area contributed by atoms with Gasteiger partial charge in [0.25, 0.3) is 0 Å². The fourth-order valence-electron chi connectivity index (χ4n) is 3.36. The molecule has 0 aliphatic heterocycles. The number of anilines is 1. The van der Waals surface area contributed by atoms with Crippen LogP contribution >= 0.6 is 11.8 Å². The summed E-state index contributed by atoms with van der Waals surface area (Å²) >= 11 is 1.29. The van der Waals surface area contributed by atoms with Crippen molar-refractivity contribution in [2.24, 2.45) is 0 Å². The van der Waals surface area contributed by atoms with E-state index in [0.717, 1.165) is 17.0 Å². The number of nitrogens with zero attached hydrogens (tertiary/aromatic N) is 4. The van der Waals surface area contributed by atoms with Gasteiger partial charge in [0.1, 0.15) is 17.2 Å². The Kier molecular flexibility index (Phi) is 7.84. The lowest BCUT2D eigenvalue weighted by atomic mass is 10.2. The van der Waals surface area contributed by atoms with Crippen molar-refractivity contribution in [1.82, 2.24) is 19.7 Å². The molecule has 0 saturated heterocycles. The number of pyridine rings is 1. The number of carbonyl (C=O) groups excluding carboxylic acids is 1. The van der Waals surface area contributed by atoms with Crippen molar-refractivity contribution < 1.29 is 19.0 Å². The number of carbonyl (C=O) groups is 1. The van der Waals surface area contributed by atoms with Crippen LogP contribution in [0, 0.1) is 0 Å². The Balaban J connectivity index is 1.57. The first-order valence-corrected chi connectivity index (χ1v) is 11.8. The maximum atomic E-state index is 12.7. The van der Waals surface area contributed by atoms with Crippen molar-refractivity contribution >= 4 is 23.4 Å². The van der Waals surface area contributed by atoms with Crippen LogP contribution in [-0.2, 0) is 4.79 Å². The molecule has 180 valence electrons. The van der Waals surface area contributed by atoms with Gasteiger partial charge in [0.2, 0.25) is 5.91 Å². The number of ether oxygens (including phenoxy) is 3. The highest BCUT2D eigenvalue weighted by molar-refractivity contribution is 7.99. The smallest absolute Gasteiger partial charge is 0.234 e. The predicted octanol–water partition coefficient (Wildman–Crippen LogP) is 4.48. The van der Waals surface area contributed by atoms with Gasteiger partial charge in [-0.15, -0.1) is 10.2 Å². The first kappa shape index (κ1) is 24.1. The van der Waals surface area contributed by atoms with Crippen molar-refractivity contribution in [3.63, 3.8) is 0 Å². The second-order valence-electron chi connectivity index (χ2n) is 7.21. The number of rotatable bonds is 10. The van der Waals surface area contributed by atoms with Crippen LogP contribution in [0.2, 0.25) is 0 Å². The molecule has 0 fully saturated rings. The molecule has 35 heavy (non-hydrogen) atoms. The van der Waals surface area contributed by atoms with Crippen LogP contribution in [0.4, 0.5) is 5.69 Å². The third-order valence-electron chi connectivity index (χ3n) is 4.99. The van der Waals surface area contributed by atoms with Gasteiger partial charge in [0.05, 0.1) is 32.3 Å². The summed E-state index contributed by atoms with van der Waals surface area (Å²) in [6.45, 7) is 2.53. The summed E-state index contributed by atoms with van der Waals surface area (Å²) < 4.78 is 18.1. The Hall–Kier alpha value is -4.05. The first-order valence-electron chi connectivity index (χ1n) is 10.9. The van der Waals surface area contributed by atoms with Crippen molar-refractivity contribution in [3.8, 4) is 34.3 Å². The number of hydrogen-bond donors (Lipinski definition) is 1. The molecule has 0 spiro atoms. The normalized spacial score (nSPS) is 10.6. The molecule has 0 aliphatic carbocycles. The molecule has 0 radical (unpaired) electrons. The molecule has 2 aromatic carbocycles. The van der Waals surface area contributed by atoms with E-state index in [2.05, 4.69) is 20.5 Å². The second-order valence-corrected chi connectivity index (χ2v) is 8.15. The van der Waals surface area contributed by atoms with Gasteiger partial charge < -0.3 is 19.5 Å². The Labute approximate surface area is 207 Å².